The van der Waals surface area contributed by atoms with Gasteiger partial charge >= 0.3 is 6.03 Å². The summed E-state index contributed by atoms with van der Waals surface area (Å²) in [5, 5.41) is 14.3. The van der Waals surface area contributed by atoms with E-state index < -0.39 is 0 Å². The third kappa shape index (κ3) is 4.60. The molecule has 0 aliphatic carbocycles. The molecule has 1 aliphatic rings. The molecule has 1 saturated heterocycles. The van der Waals surface area contributed by atoms with Gasteiger partial charge in [-0.1, -0.05) is 52.5 Å². The van der Waals surface area contributed by atoms with Crippen molar-refractivity contribution in [3.8, 4) is 0 Å². The summed E-state index contributed by atoms with van der Waals surface area (Å²) in [6, 6.07) is 12.9. The van der Waals surface area contributed by atoms with Gasteiger partial charge in [-0.15, -0.1) is 5.10 Å². The van der Waals surface area contributed by atoms with Crippen molar-refractivity contribution in [2.75, 3.05) is 22.3 Å². The van der Waals surface area contributed by atoms with Gasteiger partial charge in [0, 0.05) is 39.4 Å². The molecular formula is C20H19BrClN5OS. The Hall–Kier alpha value is -2.03. The van der Waals surface area contributed by atoms with Crippen molar-refractivity contribution in [1.29, 1.82) is 0 Å². The van der Waals surface area contributed by atoms with Gasteiger partial charge in [-0.2, -0.15) is 5.10 Å². The predicted molar refractivity (Wildman–Crippen MR) is 124 cm³/mol. The summed E-state index contributed by atoms with van der Waals surface area (Å²) in [6.07, 6.45) is 3.40. The lowest BCUT2D eigenvalue weighted by Gasteiger charge is -2.34. The monoisotopic (exact) mass is 491 g/mol. The maximum Gasteiger partial charge on any atom is 0.332 e. The van der Waals surface area contributed by atoms with Gasteiger partial charge in [-0.3, -0.25) is 0 Å². The molecule has 3 aromatic rings. The van der Waals surface area contributed by atoms with E-state index in [2.05, 4.69) is 55.2 Å². The zero-order valence-corrected chi connectivity index (χ0v) is 18.7. The number of hydrogen-bond acceptors (Lipinski definition) is 5. The van der Waals surface area contributed by atoms with Gasteiger partial charge in [0.25, 0.3) is 0 Å². The molecule has 1 aromatic heterocycles. The van der Waals surface area contributed by atoms with Crippen molar-refractivity contribution in [2.24, 2.45) is 0 Å². The molecule has 1 N–H and O–H groups in total. The lowest BCUT2D eigenvalue weighted by molar-refractivity contribution is 0.243. The van der Waals surface area contributed by atoms with Crippen molar-refractivity contribution < 1.29 is 4.79 Å². The van der Waals surface area contributed by atoms with Gasteiger partial charge in [-0.05, 0) is 43.2 Å². The minimum atomic E-state index is -0.261. The first-order valence-electron chi connectivity index (χ1n) is 9.22. The summed E-state index contributed by atoms with van der Waals surface area (Å²) in [7, 11) is 0. The topological polar surface area (TPSA) is 61.4 Å². The summed E-state index contributed by atoms with van der Waals surface area (Å²) in [4.78, 5) is 14.8. The Bertz CT molecular complexity index is 1040. The second-order valence-corrected chi connectivity index (χ2v) is 8.65. The number of anilines is 2. The molecule has 0 saturated carbocycles. The Balaban J connectivity index is 1.40. The Kier molecular flexibility index (Phi) is 6.12. The first-order chi connectivity index (χ1) is 14.0. The lowest BCUT2D eigenvalue weighted by atomic mass is 10.0. The number of piperidine rings is 1. The van der Waals surface area contributed by atoms with Crippen LogP contribution in [0.15, 0.2) is 53.1 Å². The van der Waals surface area contributed by atoms with Crippen molar-refractivity contribution in [1.82, 2.24) is 15.5 Å². The van der Waals surface area contributed by atoms with Crippen LogP contribution in [-0.2, 0) is 0 Å². The average molecular weight is 493 g/mol. The average Bonchev–Trinajstić information content (AvgIpc) is 2.73. The largest absolute Gasteiger partial charge is 0.354 e. The highest BCUT2D eigenvalue weighted by Gasteiger charge is 2.24. The second kappa shape index (κ2) is 8.77. The van der Waals surface area contributed by atoms with Crippen molar-refractivity contribution in [3.05, 3.63) is 58.2 Å². The number of halogens is 2. The first kappa shape index (κ1) is 20.3. The van der Waals surface area contributed by atoms with Gasteiger partial charge < -0.3 is 10.2 Å². The number of nitrogens with zero attached hydrogens (tertiary/aromatic N) is 4. The van der Waals surface area contributed by atoms with E-state index >= 15 is 0 Å². The SMILES string of the molecule is O=C(NC1CCN(c2nncc3ccc(Br)cc23)CC1)N(S)c1cccc(Cl)c1. The van der Waals surface area contributed by atoms with Crippen LogP contribution in [0.1, 0.15) is 12.8 Å². The van der Waals surface area contributed by atoms with Crippen LogP contribution in [0.4, 0.5) is 16.3 Å². The zero-order chi connectivity index (χ0) is 20.4. The van der Waals surface area contributed by atoms with E-state index in [0.29, 0.717) is 10.7 Å². The van der Waals surface area contributed by atoms with E-state index in [0.717, 1.165) is 47.0 Å². The number of thiol groups is 1. The molecule has 0 spiro atoms. The normalized spacial score (nSPS) is 14.8. The number of nitrogens with one attached hydrogen (secondary N) is 1. The number of benzene rings is 2. The fourth-order valence-corrected chi connectivity index (χ4v) is 4.19. The van der Waals surface area contributed by atoms with Crippen molar-refractivity contribution in [3.63, 3.8) is 0 Å². The van der Waals surface area contributed by atoms with Crippen LogP contribution >= 0.6 is 40.3 Å². The maximum atomic E-state index is 12.5. The number of urea groups is 1. The molecule has 0 atom stereocenters. The van der Waals surface area contributed by atoms with Gasteiger partial charge in [-0.25, -0.2) is 9.10 Å². The van der Waals surface area contributed by atoms with E-state index in [-0.39, 0.29) is 12.1 Å². The molecule has 9 heteroatoms. The summed E-state index contributed by atoms with van der Waals surface area (Å²) >= 11 is 13.8. The Labute approximate surface area is 187 Å². The molecule has 2 aromatic carbocycles. The third-order valence-corrected chi connectivity index (χ3v) is 6.11. The molecule has 1 aliphatic heterocycles. The molecule has 29 heavy (non-hydrogen) atoms. The standard InChI is InChI=1S/C20H19BrClN5OS/c21-14-5-4-13-12-23-25-19(18(13)10-14)26-8-6-16(7-9-26)24-20(28)27(29)17-3-1-2-15(22)11-17/h1-5,10-12,16,29H,6-9H2,(H,24,28). The molecule has 0 radical (unpaired) electrons. The highest BCUT2D eigenvalue weighted by molar-refractivity contribution is 9.10. The Morgan fingerprint density at radius 3 is 2.79 bits per heavy atom. The fourth-order valence-electron chi connectivity index (χ4n) is 3.46. The highest BCUT2D eigenvalue weighted by atomic mass is 79.9. The second-order valence-electron chi connectivity index (χ2n) is 6.90. The number of carbonyl (C=O) groups excluding carboxylic acids is 1. The van der Waals surface area contributed by atoms with Gasteiger partial charge in [0.1, 0.15) is 0 Å². The summed E-state index contributed by atoms with van der Waals surface area (Å²) < 4.78 is 2.29. The molecule has 1 fully saturated rings. The quantitative estimate of drug-likeness (QED) is 0.501. The fraction of sp³-hybridized carbons (Fsp3) is 0.250. The van der Waals surface area contributed by atoms with Gasteiger partial charge in [0.05, 0.1) is 11.9 Å². The van der Waals surface area contributed by atoms with E-state index in [1.807, 2.05) is 12.1 Å². The van der Waals surface area contributed by atoms with Crippen LogP contribution in [0.5, 0.6) is 0 Å². The number of aromatic nitrogens is 2. The zero-order valence-electron chi connectivity index (χ0n) is 15.4. The molecule has 2 amide bonds. The van der Waals surface area contributed by atoms with Crippen LogP contribution in [0.2, 0.25) is 5.02 Å². The molecule has 0 bridgehead atoms. The van der Waals surface area contributed by atoms with Crippen molar-refractivity contribution >= 4 is 68.7 Å². The molecule has 0 unspecified atom stereocenters. The summed E-state index contributed by atoms with van der Waals surface area (Å²) in [6.45, 7) is 1.57. The van der Waals surface area contributed by atoms with Crippen LogP contribution in [0.3, 0.4) is 0 Å². The van der Waals surface area contributed by atoms with E-state index in [4.69, 9.17) is 11.6 Å². The van der Waals surface area contributed by atoms with Crippen molar-refractivity contribution in [2.45, 2.75) is 18.9 Å². The number of hydrogen-bond donors (Lipinski definition) is 2. The van der Waals surface area contributed by atoms with Crippen LogP contribution in [0.25, 0.3) is 10.8 Å². The minimum Gasteiger partial charge on any atom is -0.354 e. The number of rotatable bonds is 3. The third-order valence-electron chi connectivity index (χ3n) is 4.97. The van der Waals surface area contributed by atoms with Gasteiger partial charge in [0.2, 0.25) is 0 Å². The van der Waals surface area contributed by atoms with Crippen LogP contribution in [-0.4, -0.2) is 35.4 Å². The summed E-state index contributed by atoms with van der Waals surface area (Å²) in [5.74, 6) is 0.878. The molecule has 6 nitrogen and oxygen atoms in total. The van der Waals surface area contributed by atoms with Crippen LogP contribution < -0.4 is 14.5 Å². The first-order valence-corrected chi connectivity index (χ1v) is 10.8. The number of fused-ring (bicyclic) bond motifs is 1. The van der Waals surface area contributed by atoms with E-state index in [1.54, 1.807) is 30.5 Å². The molecule has 150 valence electrons. The lowest BCUT2D eigenvalue weighted by Crippen LogP contribution is -2.47. The molecule has 2 heterocycles. The maximum absolute atomic E-state index is 12.5. The highest BCUT2D eigenvalue weighted by Crippen LogP contribution is 2.29. The summed E-state index contributed by atoms with van der Waals surface area (Å²) in [5.41, 5.74) is 0.632. The molecular weight excluding hydrogens is 474 g/mol. The van der Waals surface area contributed by atoms with E-state index in [1.165, 1.54) is 4.31 Å². The Morgan fingerprint density at radius 1 is 1.24 bits per heavy atom. The minimum absolute atomic E-state index is 0.0715. The molecule has 4 rings (SSSR count). The Morgan fingerprint density at radius 2 is 2.03 bits per heavy atom. The van der Waals surface area contributed by atoms with Gasteiger partial charge in [0.15, 0.2) is 5.82 Å². The number of amides is 2. The smallest absolute Gasteiger partial charge is 0.332 e. The number of carbonyl (C=O) groups is 1. The van der Waals surface area contributed by atoms with Crippen LogP contribution in [0, 0.1) is 0 Å². The van der Waals surface area contributed by atoms with E-state index in [9.17, 15) is 4.79 Å². The predicted octanol–water partition coefficient (Wildman–Crippen LogP) is 5.08.